The van der Waals surface area contributed by atoms with Crippen LogP contribution in [0.5, 0.6) is 11.5 Å². The van der Waals surface area contributed by atoms with Gasteiger partial charge in [-0.05, 0) is 48.9 Å². The predicted octanol–water partition coefficient (Wildman–Crippen LogP) is 6.76. The van der Waals surface area contributed by atoms with Crippen LogP contribution in [0.15, 0.2) is 83.9 Å². The molecule has 3 N–H and O–H groups in total. The number of benzene rings is 3. The summed E-state index contributed by atoms with van der Waals surface area (Å²) in [6, 6.07) is 26.2. The van der Waals surface area contributed by atoms with Crippen LogP contribution in [-0.4, -0.2) is 23.9 Å². The van der Waals surface area contributed by atoms with Crippen molar-refractivity contribution in [2.75, 3.05) is 13.1 Å². The molecule has 5 nitrogen and oxygen atoms in total. The minimum absolute atomic E-state index is 0.581. The maximum absolute atomic E-state index is 6.19. The van der Waals surface area contributed by atoms with Crippen molar-refractivity contribution < 1.29 is 4.74 Å². The summed E-state index contributed by atoms with van der Waals surface area (Å²) < 4.78 is 5.95. The maximum Gasteiger partial charge on any atom is 0.196 e. The number of nitrogens with zero attached hydrogens (tertiary/aromatic N) is 2. The molecule has 0 radical (unpaired) electrons. The molecule has 35 heavy (non-hydrogen) atoms. The third-order valence-corrected chi connectivity index (χ3v) is 6.40. The molecule has 0 aromatic heterocycles. The number of para-hydroxylation sites is 1. The van der Waals surface area contributed by atoms with Gasteiger partial charge in [0.2, 0.25) is 0 Å². The Bertz CT molecular complexity index is 1040. The molecule has 1 aliphatic carbocycles. The first-order chi connectivity index (χ1) is 17.3. The Morgan fingerprint density at radius 1 is 0.800 bits per heavy atom. The van der Waals surface area contributed by atoms with Gasteiger partial charge in [0.05, 0.1) is 5.69 Å². The first kappa shape index (κ1) is 24.8. The summed E-state index contributed by atoms with van der Waals surface area (Å²) in [7, 11) is 0. The molecule has 5 rings (SSSR count). The number of hydrogen-bond acceptors (Lipinski definition) is 5. The van der Waals surface area contributed by atoms with E-state index in [1.807, 2.05) is 48.5 Å². The highest BCUT2D eigenvalue weighted by Gasteiger charge is 2.18. The van der Waals surface area contributed by atoms with Gasteiger partial charge in [0.25, 0.3) is 0 Å². The molecule has 0 atom stereocenters. The summed E-state index contributed by atoms with van der Waals surface area (Å²) in [6.07, 6.45) is 10.00. The number of rotatable bonds is 8. The fraction of sp³-hybridized carbons (Fsp3) is 0.367. The van der Waals surface area contributed by atoms with Crippen LogP contribution >= 0.6 is 0 Å². The van der Waals surface area contributed by atoms with E-state index in [1.165, 1.54) is 44.1 Å². The normalized spacial score (nSPS) is 14.9. The molecule has 0 bridgehead atoms. The minimum Gasteiger partial charge on any atom is -0.457 e. The summed E-state index contributed by atoms with van der Waals surface area (Å²) >= 11 is 0. The zero-order valence-corrected chi connectivity index (χ0v) is 20.7. The van der Waals surface area contributed by atoms with Crippen LogP contribution in [0, 0.1) is 0 Å². The molecule has 0 saturated heterocycles. The number of nitrogens with one attached hydrogen (secondary N) is 1. The van der Waals surface area contributed by atoms with Crippen LogP contribution in [0.2, 0.25) is 0 Å². The molecule has 0 unspecified atom stereocenters. The summed E-state index contributed by atoms with van der Waals surface area (Å²) in [5, 5.41) is 3.48. The molecule has 2 aliphatic rings. The van der Waals surface area contributed by atoms with E-state index < -0.39 is 0 Å². The lowest BCUT2D eigenvalue weighted by molar-refractivity contribution is 0.388. The number of nitrogens with two attached hydrogens (primary N) is 1. The highest BCUT2D eigenvalue weighted by atomic mass is 16.5. The molecule has 1 heterocycles. The van der Waals surface area contributed by atoms with Gasteiger partial charge in [-0.2, -0.15) is 0 Å². The van der Waals surface area contributed by atoms with Gasteiger partial charge in [-0.3, -0.25) is 0 Å². The Kier molecular flexibility index (Phi) is 9.60. The molecule has 1 fully saturated rings. The van der Waals surface area contributed by atoms with Crippen LogP contribution in [0.1, 0.15) is 56.1 Å². The van der Waals surface area contributed by atoms with Crippen molar-refractivity contribution in [3.63, 3.8) is 0 Å². The molecule has 0 spiro atoms. The highest BCUT2D eigenvalue weighted by Crippen LogP contribution is 2.31. The first-order valence-electron chi connectivity index (χ1n) is 13.0. The Balaban J connectivity index is 0.000000421. The van der Waals surface area contributed by atoms with Crippen molar-refractivity contribution in [1.82, 2.24) is 10.2 Å². The van der Waals surface area contributed by atoms with Crippen molar-refractivity contribution in [3.05, 3.63) is 90.0 Å². The number of hydrogen-bond donors (Lipinski definition) is 2. The van der Waals surface area contributed by atoms with E-state index in [0.717, 1.165) is 55.3 Å². The summed E-state index contributed by atoms with van der Waals surface area (Å²) in [6.45, 7) is 3.42. The van der Waals surface area contributed by atoms with E-state index in [-0.39, 0.29) is 0 Å². The Morgan fingerprint density at radius 2 is 1.46 bits per heavy atom. The van der Waals surface area contributed by atoms with Gasteiger partial charge < -0.3 is 20.7 Å². The molecule has 1 saturated carbocycles. The van der Waals surface area contributed by atoms with Crippen molar-refractivity contribution in [2.24, 2.45) is 10.7 Å². The third-order valence-electron chi connectivity index (χ3n) is 6.40. The fourth-order valence-electron chi connectivity index (χ4n) is 4.44. The molecule has 184 valence electrons. The van der Waals surface area contributed by atoms with E-state index in [0.29, 0.717) is 5.96 Å². The SMILES string of the molecule is C1CCCCC1.NC1=Nc2ccc(Oc3ccccc3)cc2CN1CCCNCc1ccccc1. The fourth-order valence-corrected chi connectivity index (χ4v) is 4.44. The van der Waals surface area contributed by atoms with Gasteiger partial charge >= 0.3 is 0 Å². The lowest BCUT2D eigenvalue weighted by atomic mass is 10.0. The molecular formula is C30H38N4O. The molecule has 5 heteroatoms. The van der Waals surface area contributed by atoms with Gasteiger partial charge in [-0.1, -0.05) is 87.1 Å². The lowest BCUT2D eigenvalue weighted by Gasteiger charge is -2.28. The van der Waals surface area contributed by atoms with Gasteiger partial charge in [0, 0.05) is 25.2 Å². The Hall–Kier alpha value is -3.31. The topological polar surface area (TPSA) is 62.9 Å². The van der Waals surface area contributed by atoms with E-state index >= 15 is 0 Å². The van der Waals surface area contributed by atoms with E-state index in [4.69, 9.17) is 10.5 Å². The minimum atomic E-state index is 0.581. The van der Waals surface area contributed by atoms with E-state index in [1.54, 1.807) is 0 Å². The molecular weight excluding hydrogens is 432 g/mol. The van der Waals surface area contributed by atoms with Crippen LogP contribution in [0.3, 0.4) is 0 Å². The van der Waals surface area contributed by atoms with E-state index in [2.05, 4.69) is 45.5 Å². The second-order valence-electron chi connectivity index (χ2n) is 9.23. The number of fused-ring (bicyclic) bond motifs is 1. The zero-order chi connectivity index (χ0) is 24.1. The van der Waals surface area contributed by atoms with Crippen LogP contribution in [0.4, 0.5) is 5.69 Å². The van der Waals surface area contributed by atoms with Gasteiger partial charge in [0.1, 0.15) is 11.5 Å². The molecule has 1 aliphatic heterocycles. The average Bonchev–Trinajstić information content (AvgIpc) is 2.91. The molecule has 0 amide bonds. The van der Waals surface area contributed by atoms with Crippen LogP contribution in [-0.2, 0) is 13.1 Å². The quantitative estimate of drug-likeness (QED) is 0.357. The highest BCUT2D eigenvalue weighted by molar-refractivity contribution is 5.83. The lowest BCUT2D eigenvalue weighted by Crippen LogP contribution is -2.40. The van der Waals surface area contributed by atoms with E-state index in [9.17, 15) is 0 Å². The maximum atomic E-state index is 6.19. The van der Waals surface area contributed by atoms with Crippen molar-refractivity contribution in [2.45, 2.75) is 58.0 Å². The van der Waals surface area contributed by atoms with Crippen molar-refractivity contribution in [1.29, 1.82) is 0 Å². The third kappa shape index (κ3) is 8.15. The van der Waals surface area contributed by atoms with Gasteiger partial charge in [0.15, 0.2) is 5.96 Å². The number of guanidine groups is 1. The van der Waals surface area contributed by atoms with Crippen LogP contribution < -0.4 is 15.8 Å². The number of aliphatic imine (C=N–C) groups is 1. The monoisotopic (exact) mass is 470 g/mol. The standard InChI is InChI=1S/C24H26N4O.C6H12/c25-24-27-23-13-12-22(29-21-10-5-2-6-11-21)16-20(23)18-28(24)15-7-14-26-17-19-8-3-1-4-9-19;1-2-4-6-5-3-1/h1-6,8-13,16,26H,7,14-15,17-18H2,(H2,25,27);1-6H2. The first-order valence-corrected chi connectivity index (χ1v) is 13.0. The number of ether oxygens (including phenoxy) is 1. The summed E-state index contributed by atoms with van der Waals surface area (Å²) in [5.74, 6) is 2.22. The average molecular weight is 471 g/mol. The molecule has 3 aromatic rings. The summed E-state index contributed by atoms with van der Waals surface area (Å²) in [4.78, 5) is 6.69. The van der Waals surface area contributed by atoms with Gasteiger partial charge in [-0.15, -0.1) is 0 Å². The Morgan fingerprint density at radius 3 is 2.14 bits per heavy atom. The van der Waals surface area contributed by atoms with Crippen molar-refractivity contribution in [3.8, 4) is 11.5 Å². The zero-order valence-electron chi connectivity index (χ0n) is 20.7. The van der Waals surface area contributed by atoms with Gasteiger partial charge in [-0.25, -0.2) is 4.99 Å². The summed E-state index contributed by atoms with van der Waals surface area (Å²) in [5.41, 5.74) is 9.53. The predicted molar refractivity (Wildman–Crippen MR) is 145 cm³/mol. The van der Waals surface area contributed by atoms with Crippen molar-refractivity contribution >= 4 is 11.6 Å². The second kappa shape index (κ2) is 13.5. The van der Waals surface area contributed by atoms with Crippen LogP contribution in [0.25, 0.3) is 0 Å². The Labute approximate surface area is 210 Å². The largest absolute Gasteiger partial charge is 0.457 e. The smallest absolute Gasteiger partial charge is 0.196 e. The second-order valence-corrected chi connectivity index (χ2v) is 9.23. The molecule has 3 aromatic carbocycles.